The second kappa shape index (κ2) is 12.0. The zero-order valence-electron chi connectivity index (χ0n) is 17.8. The number of hydrogen-bond donors (Lipinski definition) is 2. The van der Waals surface area contributed by atoms with Crippen molar-refractivity contribution in [2.75, 3.05) is 29.5 Å². The fourth-order valence-electron chi connectivity index (χ4n) is 2.88. The molecule has 0 fully saturated rings. The topological polar surface area (TPSA) is 127 Å². The highest BCUT2D eigenvalue weighted by atomic mass is 32.2. The van der Waals surface area contributed by atoms with Crippen LogP contribution in [0.25, 0.3) is 0 Å². The molecule has 0 aliphatic rings. The van der Waals surface area contributed by atoms with E-state index in [2.05, 4.69) is 4.98 Å². The standard InChI is InChI=1S/C21H28N4O5S/c1-3-5-12-24(18-19(22)25(11-4-2)21(29)23-20(18)28)16(26)13-30-17(27)14-31-15-9-7-6-8-10-15/h6-10H,3-5,11-14,22H2,1-2H3,(H,23,28,29). The molecule has 0 bridgehead atoms. The number of ether oxygens (including phenoxy) is 1. The van der Waals surface area contributed by atoms with Gasteiger partial charge in [0.05, 0.1) is 5.75 Å². The number of benzene rings is 1. The summed E-state index contributed by atoms with van der Waals surface area (Å²) in [6.45, 7) is 3.79. The number of aromatic nitrogens is 2. The highest BCUT2D eigenvalue weighted by Gasteiger charge is 2.24. The van der Waals surface area contributed by atoms with Crippen LogP contribution in [0.1, 0.15) is 33.1 Å². The summed E-state index contributed by atoms with van der Waals surface area (Å²) in [4.78, 5) is 53.7. The quantitative estimate of drug-likeness (QED) is 0.397. The van der Waals surface area contributed by atoms with E-state index in [1.165, 1.54) is 21.2 Å². The monoisotopic (exact) mass is 448 g/mol. The Balaban J connectivity index is 2.14. The molecule has 1 heterocycles. The molecule has 1 aromatic heterocycles. The molecule has 3 N–H and O–H groups in total. The minimum absolute atomic E-state index is 0.0519. The number of nitrogens with one attached hydrogen (secondary N) is 1. The lowest BCUT2D eigenvalue weighted by Crippen LogP contribution is -2.43. The molecular formula is C21H28N4O5S. The molecule has 0 spiro atoms. The molecule has 9 nitrogen and oxygen atoms in total. The fraction of sp³-hybridized carbons (Fsp3) is 0.429. The number of carbonyl (C=O) groups is 2. The molecule has 0 aliphatic heterocycles. The van der Waals surface area contributed by atoms with Gasteiger partial charge in [-0.1, -0.05) is 38.5 Å². The molecule has 0 radical (unpaired) electrons. The molecule has 2 aromatic rings. The van der Waals surface area contributed by atoms with Gasteiger partial charge in [-0.05, 0) is 25.0 Å². The molecule has 10 heteroatoms. The Morgan fingerprint density at radius 1 is 1.16 bits per heavy atom. The Bertz CT molecular complexity index is 1000. The van der Waals surface area contributed by atoms with E-state index in [4.69, 9.17) is 10.5 Å². The van der Waals surface area contributed by atoms with Gasteiger partial charge in [0.2, 0.25) is 0 Å². The lowest BCUT2D eigenvalue weighted by atomic mass is 10.2. The Labute approximate surface area is 184 Å². The fourth-order valence-corrected chi connectivity index (χ4v) is 3.60. The Hall–Kier alpha value is -3.01. The van der Waals surface area contributed by atoms with Crippen molar-refractivity contribution in [2.24, 2.45) is 0 Å². The number of aromatic amines is 1. The number of thioether (sulfide) groups is 1. The lowest BCUT2D eigenvalue weighted by Gasteiger charge is -2.24. The Kier molecular flexibility index (Phi) is 9.39. The summed E-state index contributed by atoms with van der Waals surface area (Å²) < 4.78 is 6.34. The maximum absolute atomic E-state index is 12.8. The van der Waals surface area contributed by atoms with Gasteiger partial charge in [-0.15, -0.1) is 11.8 Å². The molecule has 0 aliphatic carbocycles. The van der Waals surface area contributed by atoms with Gasteiger partial charge < -0.3 is 15.4 Å². The highest BCUT2D eigenvalue weighted by molar-refractivity contribution is 8.00. The number of rotatable bonds is 11. The van der Waals surface area contributed by atoms with E-state index in [1.807, 2.05) is 44.2 Å². The van der Waals surface area contributed by atoms with Crippen LogP contribution < -0.4 is 21.9 Å². The first-order valence-electron chi connectivity index (χ1n) is 10.1. The summed E-state index contributed by atoms with van der Waals surface area (Å²) in [5.74, 6) is -1.15. The van der Waals surface area contributed by atoms with Crippen molar-refractivity contribution in [3.05, 3.63) is 51.2 Å². The number of amides is 1. The predicted molar refractivity (Wildman–Crippen MR) is 121 cm³/mol. The summed E-state index contributed by atoms with van der Waals surface area (Å²) in [5, 5.41) is 0. The molecule has 0 saturated heterocycles. The van der Waals surface area contributed by atoms with Gasteiger partial charge in [0.1, 0.15) is 5.82 Å². The first kappa shape index (κ1) is 24.3. The molecule has 31 heavy (non-hydrogen) atoms. The van der Waals surface area contributed by atoms with Gasteiger partial charge in [0.15, 0.2) is 12.3 Å². The third-order valence-electron chi connectivity index (χ3n) is 4.42. The van der Waals surface area contributed by atoms with Crippen molar-refractivity contribution >= 4 is 35.1 Å². The zero-order valence-corrected chi connectivity index (χ0v) is 18.6. The van der Waals surface area contributed by atoms with E-state index in [-0.39, 0.29) is 23.8 Å². The van der Waals surface area contributed by atoms with Gasteiger partial charge in [0.25, 0.3) is 11.5 Å². The number of H-pyrrole nitrogens is 1. The smallest absolute Gasteiger partial charge is 0.330 e. The first-order valence-corrected chi connectivity index (χ1v) is 11.1. The minimum atomic E-state index is -0.745. The number of anilines is 2. The first-order chi connectivity index (χ1) is 14.9. The second-order valence-corrected chi connectivity index (χ2v) is 7.85. The predicted octanol–water partition coefficient (Wildman–Crippen LogP) is 2.00. The second-order valence-electron chi connectivity index (χ2n) is 6.81. The maximum Gasteiger partial charge on any atom is 0.330 e. The van der Waals surface area contributed by atoms with Crippen LogP contribution in [0.15, 0.2) is 44.8 Å². The van der Waals surface area contributed by atoms with Crippen LogP contribution in [0, 0.1) is 0 Å². The van der Waals surface area contributed by atoms with Gasteiger partial charge in [-0.3, -0.25) is 23.9 Å². The summed E-state index contributed by atoms with van der Waals surface area (Å²) in [6, 6.07) is 9.35. The molecule has 168 valence electrons. The average molecular weight is 449 g/mol. The molecule has 0 atom stereocenters. The summed E-state index contributed by atoms with van der Waals surface area (Å²) in [6.07, 6.45) is 1.99. The van der Waals surface area contributed by atoms with Crippen molar-refractivity contribution < 1.29 is 14.3 Å². The van der Waals surface area contributed by atoms with Crippen LogP contribution in [0.2, 0.25) is 0 Å². The summed E-state index contributed by atoms with van der Waals surface area (Å²) >= 11 is 1.30. The SMILES string of the molecule is CCCCN(C(=O)COC(=O)CSc1ccccc1)c1c(N)n(CCC)c(=O)[nH]c1=O. The molecule has 2 rings (SSSR count). The third kappa shape index (κ3) is 6.74. The molecular weight excluding hydrogens is 420 g/mol. The van der Waals surface area contributed by atoms with E-state index in [0.717, 1.165) is 11.3 Å². The van der Waals surface area contributed by atoms with Crippen LogP contribution in [0.4, 0.5) is 11.5 Å². The van der Waals surface area contributed by atoms with Gasteiger partial charge >= 0.3 is 11.7 Å². The van der Waals surface area contributed by atoms with E-state index < -0.39 is 29.7 Å². The van der Waals surface area contributed by atoms with Crippen LogP contribution in [-0.4, -0.2) is 40.3 Å². The Morgan fingerprint density at radius 3 is 2.52 bits per heavy atom. The Morgan fingerprint density at radius 2 is 1.87 bits per heavy atom. The number of esters is 1. The van der Waals surface area contributed by atoms with E-state index in [1.54, 1.807) is 0 Å². The lowest BCUT2D eigenvalue weighted by molar-refractivity contribution is -0.145. The van der Waals surface area contributed by atoms with Gasteiger partial charge in [-0.25, -0.2) is 4.79 Å². The molecule has 1 aromatic carbocycles. The number of carbonyl (C=O) groups excluding carboxylic acids is 2. The molecule has 0 unspecified atom stereocenters. The highest BCUT2D eigenvalue weighted by Crippen LogP contribution is 2.19. The summed E-state index contributed by atoms with van der Waals surface area (Å²) in [5.41, 5.74) is 4.62. The molecule has 1 amide bonds. The summed E-state index contributed by atoms with van der Waals surface area (Å²) in [7, 11) is 0. The van der Waals surface area contributed by atoms with Crippen LogP contribution in [-0.2, 0) is 20.9 Å². The zero-order chi connectivity index (χ0) is 22.8. The van der Waals surface area contributed by atoms with Crippen molar-refractivity contribution in [1.29, 1.82) is 0 Å². The number of nitrogens with zero attached hydrogens (tertiary/aromatic N) is 2. The normalized spacial score (nSPS) is 10.6. The third-order valence-corrected chi connectivity index (χ3v) is 5.41. The van der Waals surface area contributed by atoms with Crippen LogP contribution in [0.5, 0.6) is 0 Å². The van der Waals surface area contributed by atoms with E-state index >= 15 is 0 Å². The largest absolute Gasteiger partial charge is 0.455 e. The van der Waals surface area contributed by atoms with E-state index in [9.17, 15) is 19.2 Å². The number of nitrogen functional groups attached to an aromatic ring is 1. The molecule has 0 saturated carbocycles. The van der Waals surface area contributed by atoms with Crippen molar-refractivity contribution in [2.45, 2.75) is 44.6 Å². The minimum Gasteiger partial charge on any atom is -0.455 e. The number of hydrogen-bond acceptors (Lipinski definition) is 7. The van der Waals surface area contributed by atoms with E-state index in [0.29, 0.717) is 19.4 Å². The van der Waals surface area contributed by atoms with Crippen molar-refractivity contribution in [3.8, 4) is 0 Å². The van der Waals surface area contributed by atoms with Crippen LogP contribution >= 0.6 is 11.8 Å². The van der Waals surface area contributed by atoms with Crippen molar-refractivity contribution in [3.63, 3.8) is 0 Å². The van der Waals surface area contributed by atoms with Gasteiger partial charge in [-0.2, -0.15) is 0 Å². The van der Waals surface area contributed by atoms with Crippen molar-refractivity contribution in [1.82, 2.24) is 9.55 Å². The number of nitrogens with two attached hydrogens (primary N) is 1. The van der Waals surface area contributed by atoms with Gasteiger partial charge in [0, 0.05) is 18.0 Å². The maximum atomic E-state index is 12.8. The number of unbranched alkanes of at least 4 members (excludes halogenated alkanes) is 1. The average Bonchev–Trinajstić information content (AvgIpc) is 2.76. The van der Waals surface area contributed by atoms with Crippen LogP contribution in [0.3, 0.4) is 0 Å².